The molecular weight excluding hydrogens is 238 g/mol. The molecular formula is C15H21N3O. The number of ether oxygens (including phenoxy) is 1. The normalized spacial score (nSPS) is 11.0. The zero-order valence-corrected chi connectivity index (χ0v) is 12.0. The predicted octanol–water partition coefficient (Wildman–Crippen LogP) is 2.88. The number of nitrogen functional groups attached to an aromatic ring is 1. The van der Waals surface area contributed by atoms with Crippen LogP contribution in [0.25, 0.3) is 11.1 Å². The van der Waals surface area contributed by atoms with Gasteiger partial charge in [0.15, 0.2) is 0 Å². The van der Waals surface area contributed by atoms with E-state index in [0.29, 0.717) is 11.7 Å². The van der Waals surface area contributed by atoms with E-state index in [1.807, 2.05) is 31.3 Å². The molecule has 0 bridgehead atoms. The third-order valence-corrected chi connectivity index (χ3v) is 3.14. The van der Waals surface area contributed by atoms with Gasteiger partial charge in [-0.1, -0.05) is 26.0 Å². The highest BCUT2D eigenvalue weighted by Gasteiger charge is 2.16. The molecule has 0 aliphatic carbocycles. The van der Waals surface area contributed by atoms with Gasteiger partial charge in [-0.05, 0) is 30.0 Å². The van der Waals surface area contributed by atoms with E-state index in [-0.39, 0.29) is 0 Å². The monoisotopic (exact) mass is 259 g/mol. The zero-order valence-electron chi connectivity index (χ0n) is 12.0. The SMILES string of the molecule is COc1ccc(-c2c(CC(C)C)nn(C)c2N)cc1. The molecule has 1 heterocycles. The molecule has 0 aliphatic heterocycles. The topological polar surface area (TPSA) is 53.1 Å². The van der Waals surface area contributed by atoms with Crippen molar-refractivity contribution in [3.8, 4) is 16.9 Å². The summed E-state index contributed by atoms with van der Waals surface area (Å²) in [6.45, 7) is 4.37. The number of nitrogens with two attached hydrogens (primary N) is 1. The minimum Gasteiger partial charge on any atom is -0.497 e. The van der Waals surface area contributed by atoms with Crippen molar-refractivity contribution in [1.29, 1.82) is 0 Å². The smallest absolute Gasteiger partial charge is 0.129 e. The van der Waals surface area contributed by atoms with Gasteiger partial charge in [-0.15, -0.1) is 0 Å². The van der Waals surface area contributed by atoms with Gasteiger partial charge in [0, 0.05) is 12.6 Å². The minimum atomic E-state index is 0.547. The van der Waals surface area contributed by atoms with Crippen molar-refractivity contribution in [3.63, 3.8) is 0 Å². The van der Waals surface area contributed by atoms with E-state index < -0.39 is 0 Å². The molecule has 1 aromatic carbocycles. The number of anilines is 1. The number of benzene rings is 1. The summed E-state index contributed by atoms with van der Waals surface area (Å²) in [5.74, 6) is 2.10. The van der Waals surface area contributed by atoms with Crippen molar-refractivity contribution in [2.45, 2.75) is 20.3 Å². The van der Waals surface area contributed by atoms with Gasteiger partial charge >= 0.3 is 0 Å². The van der Waals surface area contributed by atoms with Gasteiger partial charge in [-0.25, -0.2) is 0 Å². The Morgan fingerprint density at radius 1 is 1.26 bits per heavy atom. The molecule has 4 nitrogen and oxygen atoms in total. The van der Waals surface area contributed by atoms with Crippen LogP contribution in [0.15, 0.2) is 24.3 Å². The lowest BCUT2D eigenvalue weighted by molar-refractivity contribution is 0.415. The third kappa shape index (κ3) is 2.72. The van der Waals surface area contributed by atoms with E-state index in [1.165, 1.54) is 0 Å². The average Bonchev–Trinajstić information content (AvgIpc) is 2.64. The Morgan fingerprint density at radius 3 is 2.42 bits per heavy atom. The van der Waals surface area contributed by atoms with Crippen LogP contribution in [0.1, 0.15) is 19.5 Å². The first-order valence-corrected chi connectivity index (χ1v) is 6.48. The van der Waals surface area contributed by atoms with E-state index >= 15 is 0 Å². The zero-order chi connectivity index (χ0) is 14.0. The van der Waals surface area contributed by atoms with Crippen LogP contribution in [0.2, 0.25) is 0 Å². The van der Waals surface area contributed by atoms with E-state index in [0.717, 1.165) is 29.0 Å². The second-order valence-corrected chi connectivity index (χ2v) is 5.16. The molecule has 0 fully saturated rings. The van der Waals surface area contributed by atoms with E-state index in [4.69, 9.17) is 10.5 Å². The molecule has 2 N–H and O–H groups in total. The molecule has 1 aromatic heterocycles. The van der Waals surface area contributed by atoms with E-state index in [9.17, 15) is 0 Å². The molecule has 0 unspecified atom stereocenters. The van der Waals surface area contributed by atoms with Crippen LogP contribution < -0.4 is 10.5 Å². The van der Waals surface area contributed by atoms with Gasteiger partial charge in [-0.3, -0.25) is 4.68 Å². The van der Waals surface area contributed by atoms with E-state index in [2.05, 4.69) is 18.9 Å². The van der Waals surface area contributed by atoms with Gasteiger partial charge in [0.2, 0.25) is 0 Å². The van der Waals surface area contributed by atoms with Gasteiger partial charge < -0.3 is 10.5 Å². The summed E-state index contributed by atoms with van der Waals surface area (Å²) in [5, 5.41) is 4.53. The number of rotatable bonds is 4. The fourth-order valence-electron chi connectivity index (χ4n) is 2.20. The summed E-state index contributed by atoms with van der Waals surface area (Å²) in [7, 11) is 3.55. The Balaban J connectivity index is 2.46. The predicted molar refractivity (Wildman–Crippen MR) is 78.2 cm³/mol. The first kappa shape index (κ1) is 13.5. The molecule has 0 amide bonds. The van der Waals surface area contributed by atoms with Gasteiger partial charge in [0.25, 0.3) is 0 Å². The molecule has 0 radical (unpaired) electrons. The second-order valence-electron chi connectivity index (χ2n) is 5.16. The highest BCUT2D eigenvalue weighted by Crippen LogP contribution is 2.31. The van der Waals surface area contributed by atoms with Crippen LogP contribution in [-0.4, -0.2) is 16.9 Å². The highest BCUT2D eigenvalue weighted by atomic mass is 16.5. The molecule has 102 valence electrons. The summed E-state index contributed by atoms with van der Waals surface area (Å²) in [6, 6.07) is 7.94. The molecule has 0 spiro atoms. The molecule has 0 aliphatic rings. The summed E-state index contributed by atoms with van der Waals surface area (Å²) >= 11 is 0. The van der Waals surface area contributed by atoms with Crippen molar-refractivity contribution >= 4 is 5.82 Å². The Morgan fingerprint density at radius 2 is 1.89 bits per heavy atom. The Labute approximate surface area is 114 Å². The Kier molecular flexibility index (Phi) is 3.79. The van der Waals surface area contributed by atoms with Crippen LogP contribution in [-0.2, 0) is 13.5 Å². The quantitative estimate of drug-likeness (QED) is 0.918. The summed E-state index contributed by atoms with van der Waals surface area (Å²) in [6.07, 6.45) is 0.923. The van der Waals surface area contributed by atoms with E-state index in [1.54, 1.807) is 11.8 Å². The Bertz CT molecular complexity index is 556. The number of methoxy groups -OCH3 is 1. The van der Waals surface area contributed by atoms with Crippen molar-refractivity contribution in [2.75, 3.05) is 12.8 Å². The number of aryl methyl sites for hydroxylation is 1. The van der Waals surface area contributed by atoms with Crippen molar-refractivity contribution < 1.29 is 4.74 Å². The van der Waals surface area contributed by atoms with Crippen molar-refractivity contribution in [2.24, 2.45) is 13.0 Å². The highest BCUT2D eigenvalue weighted by molar-refractivity contribution is 5.77. The Hall–Kier alpha value is -1.97. The molecule has 0 atom stereocenters. The maximum atomic E-state index is 6.15. The molecule has 2 rings (SSSR count). The summed E-state index contributed by atoms with van der Waals surface area (Å²) < 4.78 is 6.93. The maximum absolute atomic E-state index is 6.15. The van der Waals surface area contributed by atoms with Crippen molar-refractivity contribution in [3.05, 3.63) is 30.0 Å². The first-order chi connectivity index (χ1) is 9.02. The van der Waals surface area contributed by atoms with Crippen LogP contribution in [0.3, 0.4) is 0 Å². The molecule has 0 saturated carbocycles. The third-order valence-electron chi connectivity index (χ3n) is 3.14. The first-order valence-electron chi connectivity index (χ1n) is 6.48. The number of aromatic nitrogens is 2. The maximum Gasteiger partial charge on any atom is 0.129 e. The number of hydrogen-bond donors (Lipinski definition) is 1. The molecule has 19 heavy (non-hydrogen) atoms. The largest absolute Gasteiger partial charge is 0.497 e. The number of hydrogen-bond acceptors (Lipinski definition) is 3. The van der Waals surface area contributed by atoms with Gasteiger partial charge in [0.05, 0.1) is 12.8 Å². The minimum absolute atomic E-state index is 0.547. The van der Waals surface area contributed by atoms with Crippen LogP contribution in [0.5, 0.6) is 5.75 Å². The fraction of sp³-hybridized carbons (Fsp3) is 0.400. The lowest BCUT2D eigenvalue weighted by atomic mass is 9.99. The second kappa shape index (κ2) is 5.34. The van der Waals surface area contributed by atoms with Gasteiger partial charge in [0.1, 0.15) is 11.6 Å². The number of nitrogens with zero attached hydrogens (tertiary/aromatic N) is 2. The molecule has 2 aromatic rings. The fourth-order valence-corrected chi connectivity index (χ4v) is 2.20. The summed E-state index contributed by atoms with van der Waals surface area (Å²) in [4.78, 5) is 0. The average molecular weight is 259 g/mol. The lowest BCUT2D eigenvalue weighted by Crippen LogP contribution is -1.98. The molecule has 0 saturated heterocycles. The lowest BCUT2D eigenvalue weighted by Gasteiger charge is -2.07. The molecule has 4 heteroatoms. The van der Waals surface area contributed by atoms with Gasteiger partial charge in [-0.2, -0.15) is 5.10 Å². The summed E-state index contributed by atoms with van der Waals surface area (Å²) in [5.41, 5.74) is 9.33. The standard InChI is InChI=1S/C15H21N3O/c1-10(2)9-13-14(15(16)18(3)17-13)11-5-7-12(19-4)8-6-11/h5-8,10H,9,16H2,1-4H3. The van der Waals surface area contributed by atoms with Crippen molar-refractivity contribution in [1.82, 2.24) is 9.78 Å². The van der Waals surface area contributed by atoms with Crippen LogP contribution >= 0.6 is 0 Å². The van der Waals surface area contributed by atoms with Crippen LogP contribution in [0.4, 0.5) is 5.82 Å². The van der Waals surface area contributed by atoms with Crippen LogP contribution in [0, 0.1) is 5.92 Å².